The van der Waals surface area contributed by atoms with E-state index in [1.165, 1.54) is 11.1 Å². The fraction of sp³-hybridized carbons (Fsp3) is 0.395. The van der Waals surface area contributed by atoms with Gasteiger partial charge in [0.25, 0.3) is 0 Å². The van der Waals surface area contributed by atoms with Gasteiger partial charge in [0.2, 0.25) is 5.91 Å². The molecule has 2 aliphatic rings. The first-order valence-corrected chi connectivity index (χ1v) is 16.2. The van der Waals surface area contributed by atoms with Crippen LogP contribution >= 0.6 is 0 Å². The number of carbonyl (C=O) groups excluding carboxylic acids is 1. The number of aromatic amines is 2. The second-order valence-electron chi connectivity index (χ2n) is 12.4. The molecule has 0 saturated heterocycles. The van der Waals surface area contributed by atoms with Gasteiger partial charge in [-0.25, -0.2) is 9.97 Å². The lowest BCUT2D eigenvalue weighted by atomic mass is 9.98. The van der Waals surface area contributed by atoms with Gasteiger partial charge >= 0.3 is 0 Å². The van der Waals surface area contributed by atoms with Crippen LogP contribution in [0, 0.1) is 20.8 Å². The standard InChI is InChI=1S/C38H47N5O2/c1-9-27-24(5)33-21-36-28(10-2)23(4)32(40-36)20-34-25(6)29(14-15-37(45)43(8)16-12-11-13-17-44)38(42-34)26(7)31-18-22(3)30(39-31)19-35(27)41-33/h10,18-21,39-40,44H,2,9,11-17H2,1,3-8H3. The molecule has 1 amide bonds. The van der Waals surface area contributed by atoms with E-state index in [0.717, 1.165) is 104 Å². The molecule has 0 atom stereocenters. The van der Waals surface area contributed by atoms with Crippen LogP contribution in [0.25, 0.3) is 50.4 Å². The zero-order chi connectivity index (χ0) is 32.4. The molecule has 0 aromatic carbocycles. The number of unbranched alkanes of at least 4 members (excludes halogenated alkanes) is 2. The van der Waals surface area contributed by atoms with Gasteiger partial charge < -0.3 is 20.0 Å². The molecule has 2 aliphatic heterocycles. The summed E-state index contributed by atoms with van der Waals surface area (Å²) < 4.78 is 0. The minimum Gasteiger partial charge on any atom is -0.396 e. The van der Waals surface area contributed by atoms with E-state index in [-0.39, 0.29) is 12.5 Å². The zero-order valence-electron chi connectivity index (χ0n) is 27.9. The summed E-state index contributed by atoms with van der Waals surface area (Å²) in [5.41, 5.74) is 16.8. The molecule has 236 valence electrons. The van der Waals surface area contributed by atoms with Crippen molar-refractivity contribution in [1.82, 2.24) is 24.8 Å². The van der Waals surface area contributed by atoms with Crippen molar-refractivity contribution in [3.8, 4) is 0 Å². The summed E-state index contributed by atoms with van der Waals surface area (Å²) in [5.74, 6) is 0.124. The fourth-order valence-electron chi connectivity index (χ4n) is 6.52. The second kappa shape index (κ2) is 13.4. The van der Waals surface area contributed by atoms with Gasteiger partial charge in [-0.2, -0.15) is 0 Å². The SMILES string of the molecule is C=Cc1c(C)c2cc3nc(c(C)c4cc(C)c(cc5nc(cc1[nH]2)C(C)=C5CC)[nH]4)C(CCC(=O)N(C)CCCCCO)=C3C. The number of carbonyl (C=O) groups is 1. The summed E-state index contributed by atoms with van der Waals surface area (Å²) in [4.78, 5) is 32.6. The second-order valence-corrected chi connectivity index (χ2v) is 12.4. The predicted octanol–water partition coefficient (Wildman–Crippen LogP) is 8.56. The van der Waals surface area contributed by atoms with Crippen LogP contribution in [0.3, 0.4) is 0 Å². The first-order valence-electron chi connectivity index (χ1n) is 16.2. The summed E-state index contributed by atoms with van der Waals surface area (Å²) >= 11 is 0. The van der Waals surface area contributed by atoms with E-state index in [4.69, 9.17) is 15.1 Å². The Morgan fingerprint density at radius 3 is 2.20 bits per heavy atom. The van der Waals surface area contributed by atoms with Crippen LogP contribution in [0.5, 0.6) is 0 Å². The van der Waals surface area contributed by atoms with E-state index >= 15 is 0 Å². The lowest BCUT2D eigenvalue weighted by Crippen LogP contribution is -2.27. The number of aromatic nitrogens is 4. The average molecular weight is 606 g/mol. The zero-order valence-corrected chi connectivity index (χ0v) is 27.9. The number of nitrogens with one attached hydrogen (secondary N) is 2. The lowest BCUT2D eigenvalue weighted by Gasteiger charge is -2.17. The number of amides is 1. The maximum atomic E-state index is 13.2. The highest BCUT2D eigenvalue weighted by atomic mass is 16.3. The molecule has 0 unspecified atom stereocenters. The van der Waals surface area contributed by atoms with Crippen molar-refractivity contribution in [2.45, 2.75) is 80.1 Å². The number of aliphatic hydroxyl groups is 1. The molecule has 8 bridgehead atoms. The van der Waals surface area contributed by atoms with Gasteiger partial charge in [0.05, 0.1) is 22.8 Å². The Balaban J connectivity index is 1.70. The Morgan fingerprint density at radius 1 is 0.844 bits per heavy atom. The van der Waals surface area contributed by atoms with E-state index in [2.05, 4.69) is 82.4 Å². The van der Waals surface area contributed by atoms with Gasteiger partial charge in [0.1, 0.15) is 0 Å². The Labute approximate surface area is 266 Å². The van der Waals surface area contributed by atoms with E-state index < -0.39 is 0 Å². The quantitative estimate of drug-likeness (QED) is 0.202. The van der Waals surface area contributed by atoms with Crippen molar-refractivity contribution in [3.05, 3.63) is 75.9 Å². The Morgan fingerprint density at radius 2 is 1.49 bits per heavy atom. The third-order valence-electron chi connectivity index (χ3n) is 9.49. The first kappa shape index (κ1) is 32.2. The monoisotopic (exact) mass is 605 g/mol. The number of hydrogen-bond acceptors (Lipinski definition) is 4. The van der Waals surface area contributed by atoms with Crippen molar-refractivity contribution in [2.75, 3.05) is 20.2 Å². The summed E-state index contributed by atoms with van der Waals surface area (Å²) in [6.07, 6.45) is 6.41. The normalized spacial score (nSPS) is 13.2. The van der Waals surface area contributed by atoms with Crippen LogP contribution in [0.2, 0.25) is 0 Å². The molecular weight excluding hydrogens is 558 g/mol. The fourth-order valence-corrected chi connectivity index (χ4v) is 6.52. The van der Waals surface area contributed by atoms with Crippen LogP contribution in [-0.2, 0) is 4.79 Å². The number of hydrogen-bond donors (Lipinski definition) is 3. The number of rotatable bonds is 10. The number of nitrogens with zero attached hydrogens (tertiary/aromatic N) is 3. The molecule has 0 spiro atoms. The van der Waals surface area contributed by atoms with Gasteiger partial charge in [0.15, 0.2) is 0 Å². The predicted molar refractivity (Wildman–Crippen MR) is 188 cm³/mol. The van der Waals surface area contributed by atoms with Crippen LogP contribution in [-0.4, -0.2) is 56.0 Å². The molecule has 0 fully saturated rings. The van der Waals surface area contributed by atoms with Gasteiger partial charge in [-0.1, -0.05) is 19.6 Å². The number of aliphatic hydroxyl groups excluding tert-OH is 1. The largest absolute Gasteiger partial charge is 0.396 e. The van der Waals surface area contributed by atoms with Crippen LogP contribution in [0.4, 0.5) is 0 Å². The summed E-state index contributed by atoms with van der Waals surface area (Å²) in [5, 5.41) is 9.07. The molecular formula is C38H47N5O2. The minimum atomic E-state index is 0.124. The van der Waals surface area contributed by atoms with E-state index in [0.29, 0.717) is 19.4 Å². The maximum Gasteiger partial charge on any atom is 0.222 e. The van der Waals surface area contributed by atoms with Crippen molar-refractivity contribution < 1.29 is 9.90 Å². The molecule has 0 aliphatic carbocycles. The van der Waals surface area contributed by atoms with Gasteiger partial charge in [-0.05, 0) is 130 Å². The Hall–Kier alpha value is -4.23. The summed E-state index contributed by atoms with van der Waals surface area (Å²) in [6.45, 7) is 17.8. The number of fused-ring (bicyclic) bond motifs is 8. The lowest BCUT2D eigenvalue weighted by molar-refractivity contribution is -0.129. The molecule has 3 aromatic heterocycles. The van der Waals surface area contributed by atoms with Crippen molar-refractivity contribution in [3.63, 3.8) is 0 Å². The van der Waals surface area contributed by atoms with Crippen molar-refractivity contribution in [1.29, 1.82) is 0 Å². The third-order valence-corrected chi connectivity index (χ3v) is 9.49. The van der Waals surface area contributed by atoms with E-state index in [1.54, 1.807) is 0 Å². The smallest absolute Gasteiger partial charge is 0.222 e. The summed E-state index contributed by atoms with van der Waals surface area (Å²) in [6, 6.07) is 8.62. The molecule has 0 saturated carbocycles. The molecule has 5 heterocycles. The molecule has 7 heteroatoms. The summed E-state index contributed by atoms with van der Waals surface area (Å²) in [7, 11) is 1.87. The molecule has 7 nitrogen and oxygen atoms in total. The molecule has 5 rings (SSSR count). The highest BCUT2D eigenvalue weighted by Crippen LogP contribution is 2.37. The van der Waals surface area contributed by atoms with E-state index in [9.17, 15) is 4.79 Å². The number of H-pyrrole nitrogens is 2. The Bertz CT molecular complexity index is 1890. The van der Waals surface area contributed by atoms with E-state index in [1.807, 2.05) is 18.0 Å². The first-order chi connectivity index (χ1) is 21.6. The average Bonchev–Trinajstić information content (AvgIpc) is 3.72. The number of allylic oxidation sites excluding steroid dienone is 4. The Kier molecular flexibility index (Phi) is 9.59. The van der Waals surface area contributed by atoms with Gasteiger partial charge in [-0.15, -0.1) is 0 Å². The molecule has 45 heavy (non-hydrogen) atoms. The van der Waals surface area contributed by atoms with Crippen LogP contribution in [0.15, 0.2) is 30.8 Å². The number of aryl methyl sites for hydroxylation is 3. The molecule has 0 radical (unpaired) electrons. The van der Waals surface area contributed by atoms with Gasteiger partial charge in [-0.3, -0.25) is 4.79 Å². The minimum absolute atomic E-state index is 0.124. The topological polar surface area (TPSA) is 97.9 Å². The highest BCUT2D eigenvalue weighted by Gasteiger charge is 2.22. The molecule has 3 N–H and O–H groups in total. The highest BCUT2D eigenvalue weighted by molar-refractivity contribution is 5.96. The van der Waals surface area contributed by atoms with Crippen molar-refractivity contribution in [2.24, 2.45) is 0 Å². The van der Waals surface area contributed by atoms with Crippen LogP contribution in [0.1, 0.15) is 104 Å². The maximum absolute atomic E-state index is 13.2. The van der Waals surface area contributed by atoms with Crippen molar-refractivity contribution >= 4 is 56.3 Å². The van der Waals surface area contributed by atoms with Crippen LogP contribution < -0.4 is 0 Å². The third kappa shape index (κ3) is 6.32. The molecule has 3 aromatic rings. The van der Waals surface area contributed by atoms with Gasteiger partial charge in [0, 0.05) is 54.3 Å².